The Balaban J connectivity index is 2.32. The van der Waals surface area contributed by atoms with Gasteiger partial charge in [0.05, 0.1) is 0 Å². The van der Waals surface area contributed by atoms with Gasteiger partial charge in [-0.1, -0.05) is 36.4 Å². The van der Waals surface area contributed by atoms with E-state index in [1.165, 1.54) is 6.92 Å². The van der Waals surface area contributed by atoms with E-state index in [9.17, 15) is 4.79 Å². The van der Waals surface area contributed by atoms with E-state index in [4.69, 9.17) is 4.18 Å². The summed E-state index contributed by atoms with van der Waals surface area (Å²) in [7, 11) is -2.10. The Labute approximate surface area is 157 Å². The molecule has 0 fully saturated rings. The van der Waals surface area contributed by atoms with E-state index in [1.807, 2.05) is 72.8 Å². The molecule has 0 N–H and O–H groups in total. The number of carbonyl (C=O) groups is 1. The van der Waals surface area contributed by atoms with Crippen LogP contribution in [0.4, 0.5) is 0 Å². The van der Waals surface area contributed by atoms with E-state index < -0.39 is 10.3 Å². The summed E-state index contributed by atoms with van der Waals surface area (Å²) in [6.07, 6.45) is 0. The third-order valence-electron chi connectivity index (χ3n) is 3.54. The van der Waals surface area contributed by atoms with Gasteiger partial charge in [0.15, 0.2) is 0 Å². The minimum Gasteiger partial charge on any atom is -0.402 e. The van der Waals surface area contributed by atoms with Crippen molar-refractivity contribution in [2.24, 2.45) is 0 Å². The molecule has 0 heterocycles. The van der Waals surface area contributed by atoms with Crippen molar-refractivity contribution in [3.63, 3.8) is 0 Å². The van der Waals surface area contributed by atoms with Crippen LogP contribution >= 0.6 is 32.9 Å². The molecule has 3 aromatic carbocycles. The molecule has 0 aliphatic rings. The highest BCUT2D eigenvalue weighted by atomic mass is 127. The van der Waals surface area contributed by atoms with Crippen LogP contribution in [-0.4, -0.2) is 5.97 Å². The van der Waals surface area contributed by atoms with Crippen molar-refractivity contribution in [2.45, 2.75) is 21.6 Å². The number of rotatable bonds is 4. The molecule has 0 aromatic heterocycles. The van der Waals surface area contributed by atoms with Crippen LogP contribution in [0.1, 0.15) is 6.92 Å². The van der Waals surface area contributed by atoms with Gasteiger partial charge >= 0.3 is 5.97 Å². The molecule has 0 aliphatic carbocycles. The van der Waals surface area contributed by atoms with Gasteiger partial charge in [-0.25, -0.2) is 0 Å². The molecule has 0 saturated carbocycles. The van der Waals surface area contributed by atoms with Gasteiger partial charge in [-0.2, -0.15) is 0 Å². The second-order valence-corrected chi connectivity index (χ2v) is 9.15. The molecule has 0 saturated heterocycles. The maximum atomic E-state index is 12.0. The normalized spacial score (nSPS) is 11.8. The Bertz CT molecular complexity index is 778. The van der Waals surface area contributed by atoms with Crippen molar-refractivity contribution in [2.75, 3.05) is 0 Å². The summed E-state index contributed by atoms with van der Waals surface area (Å²) in [5.74, 6) is -0.281. The van der Waals surface area contributed by atoms with Crippen LogP contribution in [0.3, 0.4) is 0 Å². The molecule has 0 radical (unpaired) electrons. The number of hydrogen-bond acceptors (Lipinski definition) is 2. The lowest BCUT2D eigenvalue weighted by Crippen LogP contribution is -2.11. The lowest BCUT2D eigenvalue weighted by Gasteiger charge is -2.39. The first-order valence-corrected chi connectivity index (χ1v) is 10.2. The van der Waals surface area contributed by atoms with Crippen LogP contribution in [0.25, 0.3) is 0 Å². The lowest BCUT2D eigenvalue weighted by molar-refractivity contribution is -0.131. The van der Waals surface area contributed by atoms with Crippen LogP contribution < -0.4 is 0 Å². The van der Waals surface area contributed by atoms with Gasteiger partial charge in [0, 0.05) is 25.2 Å². The SMILES string of the molecule is CC(=O)OS(c1ccccc1)(c1ccccc1)c1ccc(I)cc1. The summed E-state index contributed by atoms with van der Waals surface area (Å²) < 4.78 is 7.22. The van der Waals surface area contributed by atoms with Crippen LogP contribution in [0.5, 0.6) is 0 Å². The third kappa shape index (κ3) is 3.35. The third-order valence-corrected chi connectivity index (χ3v) is 7.55. The molecule has 0 atom stereocenters. The van der Waals surface area contributed by atoms with E-state index in [0.29, 0.717) is 0 Å². The first kappa shape index (κ1) is 17.0. The molecule has 0 aliphatic heterocycles. The second-order valence-electron chi connectivity index (χ2n) is 5.21. The van der Waals surface area contributed by atoms with E-state index in [0.717, 1.165) is 18.3 Å². The second kappa shape index (κ2) is 7.40. The fraction of sp³-hybridized carbons (Fsp3) is 0.0500. The topological polar surface area (TPSA) is 26.3 Å². The van der Waals surface area contributed by atoms with Crippen molar-refractivity contribution in [1.82, 2.24) is 0 Å². The maximum Gasteiger partial charge on any atom is 0.313 e. The van der Waals surface area contributed by atoms with Crippen LogP contribution in [0.2, 0.25) is 0 Å². The van der Waals surface area contributed by atoms with Crippen LogP contribution in [0, 0.1) is 3.57 Å². The number of hydrogen-bond donors (Lipinski definition) is 0. The monoisotopic (exact) mass is 448 g/mol. The smallest absolute Gasteiger partial charge is 0.313 e. The fourth-order valence-corrected chi connectivity index (χ4v) is 6.00. The highest BCUT2D eigenvalue weighted by Crippen LogP contribution is 2.69. The Kier molecular flexibility index (Phi) is 5.26. The zero-order valence-corrected chi connectivity index (χ0v) is 16.2. The summed E-state index contributed by atoms with van der Waals surface area (Å²) in [6, 6.07) is 28.2. The Morgan fingerprint density at radius 1 is 0.750 bits per heavy atom. The van der Waals surface area contributed by atoms with Gasteiger partial charge in [-0.05, 0) is 81.4 Å². The molecule has 3 aromatic rings. The molecular formula is C20H17IO2S. The number of benzene rings is 3. The lowest BCUT2D eigenvalue weighted by atomic mass is 10.4. The molecule has 0 spiro atoms. The molecule has 3 rings (SSSR count). The van der Waals surface area contributed by atoms with Crippen molar-refractivity contribution < 1.29 is 8.98 Å². The number of halogens is 1. The molecule has 24 heavy (non-hydrogen) atoms. The van der Waals surface area contributed by atoms with E-state index in [1.54, 1.807) is 0 Å². The molecule has 0 amide bonds. The van der Waals surface area contributed by atoms with Crippen molar-refractivity contribution in [3.8, 4) is 0 Å². The van der Waals surface area contributed by atoms with Gasteiger partial charge in [0.25, 0.3) is 0 Å². The first-order chi connectivity index (χ1) is 11.6. The molecule has 4 heteroatoms. The summed E-state index contributed by atoms with van der Waals surface area (Å²) >= 11 is 2.28. The van der Waals surface area contributed by atoms with Crippen molar-refractivity contribution in [3.05, 3.63) is 88.5 Å². The van der Waals surface area contributed by atoms with Crippen LogP contribution in [-0.2, 0) is 8.98 Å². The zero-order chi connectivity index (χ0) is 17.0. The minimum absolute atomic E-state index is 0.281. The van der Waals surface area contributed by atoms with E-state index in [2.05, 4.69) is 34.7 Å². The van der Waals surface area contributed by atoms with Gasteiger partial charge in [0.2, 0.25) is 0 Å². The quantitative estimate of drug-likeness (QED) is 0.454. The maximum absolute atomic E-state index is 12.0. The molecule has 0 unspecified atom stereocenters. The highest BCUT2D eigenvalue weighted by molar-refractivity contribution is 14.1. The summed E-state index contributed by atoms with van der Waals surface area (Å²) in [5, 5.41) is 0. The standard InChI is InChI=1S/C20H17IO2S/c1-16(22)23-24(18-8-4-2-5-9-18,19-10-6-3-7-11-19)20-14-12-17(21)13-15-20/h2-15H,1H3. The predicted molar refractivity (Wildman–Crippen MR) is 106 cm³/mol. The highest BCUT2D eigenvalue weighted by Gasteiger charge is 2.34. The van der Waals surface area contributed by atoms with Gasteiger partial charge in [-0.15, -0.1) is 0 Å². The molecular weight excluding hydrogens is 431 g/mol. The van der Waals surface area contributed by atoms with Gasteiger partial charge in [0.1, 0.15) is 0 Å². The van der Waals surface area contributed by atoms with Crippen molar-refractivity contribution >= 4 is 38.9 Å². The summed E-state index contributed by atoms with van der Waals surface area (Å²) in [6.45, 7) is 1.47. The van der Waals surface area contributed by atoms with Gasteiger partial charge in [-0.3, -0.25) is 4.79 Å². The minimum atomic E-state index is -2.10. The predicted octanol–water partition coefficient (Wildman–Crippen LogP) is 6.05. The Morgan fingerprint density at radius 2 is 1.17 bits per heavy atom. The summed E-state index contributed by atoms with van der Waals surface area (Å²) in [4.78, 5) is 15.1. The largest absolute Gasteiger partial charge is 0.402 e. The average Bonchev–Trinajstić information content (AvgIpc) is 2.62. The average molecular weight is 448 g/mol. The zero-order valence-electron chi connectivity index (χ0n) is 13.2. The summed E-state index contributed by atoms with van der Waals surface area (Å²) in [5.41, 5.74) is 0. The number of carbonyl (C=O) groups excluding carboxylic acids is 1. The molecule has 0 bridgehead atoms. The van der Waals surface area contributed by atoms with Crippen molar-refractivity contribution in [1.29, 1.82) is 0 Å². The van der Waals surface area contributed by atoms with Crippen LogP contribution in [0.15, 0.2) is 99.6 Å². The Hall–Kier alpha value is -1.79. The van der Waals surface area contributed by atoms with E-state index in [-0.39, 0.29) is 5.97 Å². The Morgan fingerprint density at radius 3 is 1.58 bits per heavy atom. The van der Waals surface area contributed by atoms with Gasteiger partial charge < -0.3 is 4.18 Å². The molecule has 122 valence electrons. The molecule has 2 nitrogen and oxygen atoms in total. The fourth-order valence-electron chi connectivity index (χ4n) is 2.58. The van der Waals surface area contributed by atoms with E-state index >= 15 is 0 Å². The first-order valence-electron chi connectivity index (χ1n) is 7.52.